The lowest BCUT2D eigenvalue weighted by Gasteiger charge is -2.15. The molecule has 24 heavy (non-hydrogen) atoms. The first-order valence-corrected chi connectivity index (χ1v) is 7.82. The van der Waals surface area contributed by atoms with Gasteiger partial charge in [0.05, 0.1) is 13.1 Å². The van der Waals surface area contributed by atoms with Gasteiger partial charge in [0.25, 0.3) is 0 Å². The molecule has 0 fully saturated rings. The maximum absolute atomic E-state index is 12.8. The lowest BCUT2D eigenvalue weighted by molar-refractivity contribution is 0.244. The van der Waals surface area contributed by atoms with Gasteiger partial charge in [-0.15, -0.1) is 0 Å². The minimum Gasteiger partial charge on any atom is -0.285 e. The van der Waals surface area contributed by atoms with E-state index in [0.717, 1.165) is 11.3 Å². The molecule has 120 valence electrons. The molecule has 0 atom stereocenters. The van der Waals surface area contributed by atoms with E-state index < -0.39 is 5.69 Å². The molecule has 3 aromatic rings. The third-order valence-corrected chi connectivity index (χ3v) is 4.36. The summed E-state index contributed by atoms with van der Waals surface area (Å²) in [5.41, 5.74) is 1.07. The second-order valence-corrected chi connectivity index (χ2v) is 5.88. The average Bonchev–Trinajstić information content (AvgIpc) is 3.07. The average molecular weight is 341 g/mol. The van der Waals surface area contributed by atoms with E-state index in [4.69, 9.17) is 11.6 Å². The third-order valence-electron chi connectivity index (χ3n) is 3.99. The second kappa shape index (κ2) is 5.65. The summed E-state index contributed by atoms with van der Waals surface area (Å²) in [6, 6.07) is 16.2. The summed E-state index contributed by atoms with van der Waals surface area (Å²) in [5.74, 6) is 0.431. The molecule has 1 amide bonds. The van der Waals surface area contributed by atoms with Crippen molar-refractivity contribution in [3.63, 3.8) is 0 Å². The normalized spacial score (nSPS) is 13.4. The van der Waals surface area contributed by atoms with Gasteiger partial charge in [-0.2, -0.15) is 9.67 Å². The number of hydrogen-bond donors (Lipinski definition) is 0. The van der Waals surface area contributed by atoms with E-state index >= 15 is 0 Å². The molecule has 2 aromatic carbocycles. The first-order valence-electron chi connectivity index (χ1n) is 7.44. The summed E-state index contributed by atoms with van der Waals surface area (Å²) in [4.78, 5) is 30.5. The SMILES string of the molecule is O=C1N(c2ccccc2)Cc2nc(=O)n(Cc3ccccc3Cl)n21. The number of aromatic nitrogens is 3. The number of rotatable bonds is 3. The molecule has 0 radical (unpaired) electrons. The summed E-state index contributed by atoms with van der Waals surface area (Å²) in [7, 11) is 0. The van der Waals surface area contributed by atoms with Crippen LogP contribution < -0.4 is 10.6 Å². The van der Waals surface area contributed by atoms with Crippen LogP contribution in [0.2, 0.25) is 5.02 Å². The van der Waals surface area contributed by atoms with Crippen LogP contribution in [0.5, 0.6) is 0 Å². The Bertz CT molecular complexity index is 978. The van der Waals surface area contributed by atoms with Crippen LogP contribution in [0.1, 0.15) is 11.4 Å². The summed E-state index contributed by atoms with van der Waals surface area (Å²) >= 11 is 6.17. The highest BCUT2D eigenvalue weighted by molar-refractivity contribution is 6.31. The molecule has 1 aliphatic heterocycles. The molecule has 2 heterocycles. The van der Waals surface area contributed by atoms with Gasteiger partial charge in [-0.05, 0) is 23.8 Å². The first kappa shape index (κ1) is 14.7. The Balaban J connectivity index is 1.73. The van der Waals surface area contributed by atoms with E-state index in [2.05, 4.69) is 4.98 Å². The van der Waals surface area contributed by atoms with Crippen molar-refractivity contribution >= 4 is 23.3 Å². The van der Waals surface area contributed by atoms with Crippen LogP contribution in [-0.4, -0.2) is 20.4 Å². The van der Waals surface area contributed by atoms with Crippen molar-refractivity contribution in [1.82, 2.24) is 14.3 Å². The van der Waals surface area contributed by atoms with Crippen LogP contribution in [0.25, 0.3) is 0 Å². The van der Waals surface area contributed by atoms with Crippen LogP contribution in [0.15, 0.2) is 59.4 Å². The van der Waals surface area contributed by atoms with E-state index in [1.54, 1.807) is 11.0 Å². The Hall–Kier alpha value is -2.86. The number of fused-ring (bicyclic) bond motifs is 1. The molecule has 0 saturated heterocycles. The Kier molecular flexibility index (Phi) is 3.46. The van der Waals surface area contributed by atoms with Gasteiger partial charge in [-0.3, -0.25) is 4.90 Å². The maximum atomic E-state index is 12.8. The van der Waals surface area contributed by atoms with Gasteiger partial charge in [0.1, 0.15) is 0 Å². The van der Waals surface area contributed by atoms with Crippen molar-refractivity contribution in [2.75, 3.05) is 4.90 Å². The van der Waals surface area contributed by atoms with Crippen molar-refractivity contribution in [2.24, 2.45) is 0 Å². The number of benzene rings is 2. The van der Waals surface area contributed by atoms with E-state index in [-0.39, 0.29) is 19.1 Å². The van der Waals surface area contributed by atoms with Crippen LogP contribution in [-0.2, 0) is 13.1 Å². The molecule has 0 aliphatic carbocycles. The van der Waals surface area contributed by atoms with Crippen LogP contribution >= 0.6 is 11.6 Å². The molecular formula is C17H13ClN4O2. The smallest absolute Gasteiger partial charge is 0.285 e. The molecule has 0 unspecified atom stereocenters. The molecule has 6 nitrogen and oxygen atoms in total. The number of para-hydroxylation sites is 1. The molecule has 7 heteroatoms. The molecule has 4 rings (SSSR count). The van der Waals surface area contributed by atoms with Crippen molar-refractivity contribution < 1.29 is 4.79 Å². The molecule has 0 saturated carbocycles. The predicted octanol–water partition coefficient (Wildman–Crippen LogP) is 2.73. The summed E-state index contributed by atoms with van der Waals surface area (Å²) < 4.78 is 2.65. The highest BCUT2D eigenvalue weighted by Crippen LogP contribution is 2.23. The van der Waals surface area contributed by atoms with Crippen molar-refractivity contribution in [3.05, 3.63) is 81.5 Å². The third kappa shape index (κ3) is 2.32. The van der Waals surface area contributed by atoms with Crippen molar-refractivity contribution in [2.45, 2.75) is 13.1 Å². The minimum atomic E-state index is -0.453. The molecular weight excluding hydrogens is 328 g/mol. The molecule has 1 aromatic heterocycles. The van der Waals surface area contributed by atoms with Gasteiger partial charge in [0.2, 0.25) is 0 Å². The van der Waals surface area contributed by atoms with Crippen LogP contribution in [0, 0.1) is 0 Å². The number of hydrogen-bond acceptors (Lipinski definition) is 3. The van der Waals surface area contributed by atoms with Crippen molar-refractivity contribution in [1.29, 1.82) is 0 Å². The largest absolute Gasteiger partial charge is 0.364 e. The summed E-state index contributed by atoms with van der Waals surface area (Å²) in [6.45, 7) is 0.466. The van der Waals surface area contributed by atoms with Gasteiger partial charge < -0.3 is 0 Å². The van der Waals surface area contributed by atoms with E-state index in [9.17, 15) is 9.59 Å². The zero-order chi connectivity index (χ0) is 16.7. The van der Waals surface area contributed by atoms with Crippen LogP contribution in [0.3, 0.4) is 0 Å². The standard InChI is InChI=1S/C17H13ClN4O2/c18-14-9-5-4-6-12(14)10-21-16(23)19-15-11-20(17(24)22(15)21)13-7-2-1-3-8-13/h1-9H,10-11H2. The summed E-state index contributed by atoms with van der Waals surface area (Å²) in [6.07, 6.45) is 0. The van der Waals surface area contributed by atoms with E-state index in [1.165, 1.54) is 9.36 Å². The van der Waals surface area contributed by atoms with E-state index in [1.807, 2.05) is 48.5 Å². The number of halogens is 1. The van der Waals surface area contributed by atoms with Gasteiger partial charge in [-0.1, -0.05) is 48.0 Å². The molecule has 1 aliphatic rings. The number of carbonyl (C=O) groups excluding carboxylic acids is 1. The van der Waals surface area contributed by atoms with Crippen molar-refractivity contribution in [3.8, 4) is 0 Å². The fourth-order valence-corrected chi connectivity index (χ4v) is 3.01. The van der Waals surface area contributed by atoms with Gasteiger partial charge in [0, 0.05) is 10.7 Å². The second-order valence-electron chi connectivity index (χ2n) is 5.48. The Morgan fingerprint density at radius 3 is 2.46 bits per heavy atom. The topological polar surface area (TPSA) is 60.1 Å². The molecule has 0 spiro atoms. The van der Waals surface area contributed by atoms with Crippen LogP contribution in [0.4, 0.5) is 10.5 Å². The minimum absolute atomic E-state index is 0.194. The lowest BCUT2D eigenvalue weighted by Crippen LogP contribution is -2.34. The quantitative estimate of drug-likeness (QED) is 0.736. The molecule has 0 N–H and O–H groups in total. The van der Waals surface area contributed by atoms with Gasteiger partial charge >= 0.3 is 11.7 Å². The van der Waals surface area contributed by atoms with E-state index in [0.29, 0.717) is 10.8 Å². The lowest BCUT2D eigenvalue weighted by atomic mass is 10.2. The highest BCUT2D eigenvalue weighted by Gasteiger charge is 2.33. The Morgan fingerprint density at radius 2 is 1.71 bits per heavy atom. The Labute approximate surface area is 142 Å². The van der Waals surface area contributed by atoms with Gasteiger partial charge in [0.15, 0.2) is 5.82 Å². The zero-order valence-corrected chi connectivity index (χ0v) is 13.3. The zero-order valence-electron chi connectivity index (χ0n) is 12.6. The predicted molar refractivity (Wildman–Crippen MR) is 90.5 cm³/mol. The fraction of sp³-hybridized carbons (Fsp3) is 0.118. The first-order chi connectivity index (χ1) is 11.6. The van der Waals surface area contributed by atoms with Gasteiger partial charge in [-0.25, -0.2) is 14.3 Å². The number of nitrogens with zero attached hydrogens (tertiary/aromatic N) is 4. The number of anilines is 1. The highest BCUT2D eigenvalue weighted by atomic mass is 35.5. The summed E-state index contributed by atoms with van der Waals surface area (Å²) in [5, 5.41) is 0.547. The Morgan fingerprint density at radius 1 is 1.00 bits per heavy atom. The monoisotopic (exact) mass is 340 g/mol. The number of amides is 1. The number of carbonyl (C=O) groups is 1. The molecule has 0 bridgehead atoms. The maximum Gasteiger partial charge on any atom is 0.364 e. The fourth-order valence-electron chi connectivity index (χ4n) is 2.82.